The van der Waals surface area contributed by atoms with E-state index in [0.29, 0.717) is 32.0 Å². The van der Waals surface area contributed by atoms with Gasteiger partial charge in [-0.1, -0.05) is 46.8 Å². The maximum atomic E-state index is 12.8. The van der Waals surface area contributed by atoms with Crippen LogP contribution in [0.2, 0.25) is 0 Å². The quantitative estimate of drug-likeness (QED) is 0.811. The molecule has 0 N–H and O–H groups in total. The van der Waals surface area contributed by atoms with E-state index in [9.17, 15) is 9.59 Å². The lowest BCUT2D eigenvalue weighted by Gasteiger charge is -2.28. The monoisotopic (exact) mass is 374 g/mol. The highest BCUT2D eigenvalue weighted by Crippen LogP contribution is 2.27. The molecule has 27 heavy (non-hydrogen) atoms. The highest BCUT2D eigenvalue weighted by atomic mass is 16.5. The summed E-state index contributed by atoms with van der Waals surface area (Å²) in [5.41, 5.74) is 1.76. The molecule has 1 saturated heterocycles. The lowest BCUT2D eigenvalue weighted by molar-refractivity contribution is -0.139. The van der Waals surface area contributed by atoms with Crippen molar-refractivity contribution in [2.24, 2.45) is 5.41 Å². The molecule has 2 amide bonds. The van der Waals surface area contributed by atoms with E-state index >= 15 is 0 Å². The molecule has 0 saturated carbocycles. The van der Waals surface area contributed by atoms with Gasteiger partial charge in [0.05, 0.1) is 13.5 Å². The Bertz CT molecular complexity index is 677. The Labute approximate surface area is 163 Å². The van der Waals surface area contributed by atoms with Crippen molar-refractivity contribution in [2.45, 2.75) is 53.4 Å². The van der Waals surface area contributed by atoms with Gasteiger partial charge in [-0.05, 0) is 29.5 Å². The van der Waals surface area contributed by atoms with Gasteiger partial charge in [-0.25, -0.2) is 0 Å². The minimum absolute atomic E-state index is 0.125. The number of ether oxygens (including phenoxy) is 1. The van der Waals surface area contributed by atoms with Gasteiger partial charge >= 0.3 is 0 Å². The maximum absolute atomic E-state index is 12.8. The van der Waals surface area contributed by atoms with Crippen molar-refractivity contribution in [3.8, 4) is 5.75 Å². The largest absolute Gasteiger partial charge is 0.496 e. The van der Waals surface area contributed by atoms with Crippen molar-refractivity contribution in [1.29, 1.82) is 0 Å². The molecule has 2 rings (SSSR count). The molecule has 0 spiro atoms. The summed E-state index contributed by atoms with van der Waals surface area (Å²) in [6.07, 6.45) is 1.21. The number of nitrogens with zero attached hydrogens (tertiary/aromatic N) is 2. The summed E-state index contributed by atoms with van der Waals surface area (Å²) in [6.45, 7) is 12.7. The van der Waals surface area contributed by atoms with Gasteiger partial charge < -0.3 is 14.5 Å². The fraction of sp³-hybridized carbons (Fsp3) is 0.636. The zero-order chi connectivity index (χ0) is 20.2. The van der Waals surface area contributed by atoms with Crippen LogP contribution in [-0.2, 0) is 16.0 Å². The van der Waals surface area contributed by atoms with Gasteiger partial charge in [0.1, 0.15) is 5.75 Å². The molecule has 5 heteroatoms. The maximum Gasteiger partial charge on any atom is 0.228 e. The minimum atomic E-state index is -0.379. The predicted molar refractivity (Wildman–Crippen MR) is 108 cm³/mol. The molecule has 0 aromatic heterocycles. The molecular weight excluding hydrogens is 340 g/mol. The topological polar surface area (TPSA) is 49.9 Å². The first kappa shape index (κ1) is 21.3. The smallest absolute Gasteiger partial charge is 0.228 e. The van der Waals surface area contributed by atoms with Gasteiger partial charge in [-0.2, -0.15) is 0 Å². The van der Waals surface area contributed by atoms with Crippen LogP contribution in [0.4, 0.5) is 0 Å². The summed E-state index contributed by atoms with van der Waals surface area (Å²) in [5, 5.41) is 0. The van der Waals surface area contributed by atoms with E-state index in [4.69, 9.17) is 4.74 Å². The van der Waals surface area contributed by atoms with Crippen LogP contribution in [0.3, 0.4) is 0 Å². The standard InChI is InChI=1S/C22H34N2O3/c1-16(2)18-14-17(8-9-19(18)27-6)15-20(25)23-10-7-11-24(13-12-23)21(26)22(3,4)5/h8-9,14,16H,7,10-13,15H2,1-6H3. The molecule has 0 aliphatic carbocycles. The third kappa shape index (κ3) is 5.47. The molecule has 0 atom stereocenters. The zero-order valence-electron chi connectivity index (χ0n) is 17.7. The van der Waals surface area contributed by atoms with E-state index in [2.05, 4.69) is 19.9 Å². The van der Waals surface area contributed by atoms with E-state index in [0.717, 1.165) is 29.8 Å². The van der Waals surface area contributed by atoms with Gasteiger partial charge in [-0.15, -0.1) is 0 Å². The van der Waals surface area contributed by atoms with Crippen LogP contribution in [0.5, 0.6) is 5.75 Å². The van der Waals surface area contributed by atoms with Crippen LogP contribution in [0.25, 0.3) is 0 Å². The Hall–Kier alpha value is -2.04. The van der Waals surface area contributed by atoms with E-state index < -0.39 is 0 Å². The molecule has 150 valence electrons. The molecule has 0 bridgehead atoms. The van der Waals surface area contributed by atoms with E-state index in [1.807, 2.05) is 42.7 Å². The van der Waals surface area contributed by atoms with Gasteiger partial charge in [0.2, 0.25) is 11.8 Å². The first-order chi connectivity index (χ1) is 12.6. The third-order valence-corrected chi connectivity index (χ3v) is 5.05. The first-order valence-electron chi connectivity index (χ1n) is 9.87. The minimum Gasteiger partial charge on any atom is -0.496 e. The number of rotatable bonds is 4. The second kappa shape index (κ2) is 8.77. The van der Waals surface area contributed by atoms with Crippen LogP contribution in [0.1, 0.15) is 58.1 Å². The van der Waals surface area contributed by atoms with Crippen molar-refractivity contribution < 1.29 is 14.3 Å². The average molecular weight is 375 g/mol. The number of methoxy groups -OCH3 is 1. The number of carbonyl (C=O) groups is 2. The van der Waals surface area contributed by atoms with E-state index in [1.54, 1.807) is 7.11 Å². The van der Waals surface area contributed by atoms with Crippen LogP contribution < -0.4 is 4.74 Å². The molecule has 5 nitrogen and oxygen atoms in total. The molecule has 1 aromatic rings. The van der Waals surface area contributed by atoms with Gasteiger partial charge in [0.15, 0.2) is 0 Å². The fourth-order valence-electron chi connectivity index (χ4n) is 3.48. The van der Waals surface area contributed by atoms with Crippen LogP contribution in [0.15, 0.2) is 18.2 Å². The van der Waals surface area contributed by atoms with E-state index in [-0.39, 0.29) is 17.2 Å². The van der Waals surface area contributed by atoms with Gasteiger partial charge in [0.25, 0.3) is 0 Å². The average Bonchev–Trinajstić information content (AvgIpc) is 2.86. The van der Waals surface area contributed by atoms with Gasteiger partial charge in [-0.3, -0.25) is 9.59 Å². The Balaban J connectivity index is 2.02. The number of hydrogen-bond acceptors (Lipinski definition) is 3. The molecular formula is C22H34N2O3. The molecule has 1 aliphatic rings. The lowest BCUT2D eigenvalue weighted by Crippen LogP contribution is -2.42. The second-order valence-corrected chi connectivity index (χ2v) is 8.68. The Morgan fingerprint density at radius 1 is 1.07 bits per heavy atom. The van der Waals surface area contributed by atoms with Crippen LogP contribution in [-0.4, -0.2) is 54.9 Å². The molecule has 1 aliphatic heterocycles. The highest BCUT2D eigenvalue weighted by molar-refractivity contribution is 5.82. The summed E-state index contributed by atoms with van der Waals surface area (Å²) >= 11 is 0. The van der Waals surface area contributed by atoms with Crippen molar-refractivity contribution in [1.82, 2.24) is 9.80 Å². The van der Waals surface area contributed by atoms with Crippen molar-refractivity contribution >= 4 is 11.8 Å². The molecule has 1 aromatic carbocycles. The Morgan fingerprint density at radius 3 is 2.30 bits per heavy atom. The fourth-order valence-corrected chi connectivity index (χ4v) is 3.48. The second-order valence-electron chi connectivity index (χ2n) is 8.68. The number of hydrogen-bond donors (Lipinski definition) is 0. The summed E-state index contributed by atoms with van der Waals surface area (Å²) in [7, 11) is 1.67. The lowest BCUT2D eigenvalue weighted by atomic mass is 9.94. The molecule has 1 fully saturated rings. The Morgan fingerprint density at radius 2 is 1.70 bits per heavy atom. The zero-order valence-corrected chi connectivity index (χ0v) is 17.7. The summed E-state index contributed by atoms with van der Waals surface area (Å²) < 4.78 is 5.43. The number of carbonyl (C=O) groups excluding carboxylic acids is 2. The normalized spacial score (nSPS) is 15.7. The first-order valence-corrected chi connectivity index (χ1v) is 9.87. The van der Waals surface area contributed by atoms with Crippen molar-refractivity contribution in [3.05, 3.63) is 29.3 Å². The predicted octanol–water partition coefficient (Wildman–Crippen LogP) is 3.47. The number of amides is 2. The van der Waals surface area contributed by atoms with Gasteiger partial charge in [0, 0.05) is 31.6 Å². The summed E-state index contributed by atoms with van der Waals surface area (Å²) in [4.78, 5) is 29.1. The van der Waals surface area contributed by atoms with Crippen LogP contribution in [0, 0.1) is 5.41 Å². The molecule has 1 heterocycles. The summed E-state index contributed by atoms with van der Waals surface area (Å²) in [5.74, 6) is 1.49. The molecule has 0 unspecified atom stereocenters. The highest BCUT2D eigenvalue weighted by Gasteiger charge is 2.29. The summed E-state index contributed by atoms with van der Waals surface area (Å²) in [6, 6.07) is 5.99. The SMILES string of the molecule is COc1ccc(CC(=O)N2CCCN(C(=O)C(C)(C)C)CC2)cc1C(C)C. The third-order valence-electron chi connectivity index (χ3n) is 5.05. The number of benzene rings is 1. The Kier molecular flexibility index (Phi) is 6.90. The van der Waals surface area contributed by atoms with Crippen LogP contribution >= 0.6 is 0 Å². The van der Waals surface area contributed by atoms with Crippen molar-refractivity contribution in [3.63, 3.8) is 0 Å². The van der Waals surface area contributed by atoms with E-state index in [1.165, 1.54) is 0 Å². The van der Waals surface area contributed by atoms with Crippen molar-refractivity contribution in [2.75, 3.05) is 33.3 Å². The molecule has 0 radical (unpaired) electrons.